The summed E-state index contributed by atoms with van der Waals surface area (Å²) < 4.78 is 16.8. The normalized spacial score (nSPS) is 38.1. The Bertz CT molecular complexity index is 323. The molecule has 0 saturated carbocycles. The second-order valence-corrected chi connectivity index (χ2v) is 4.18. The summed E-state index contributed by atoms with van der Waals surface area (Å²) in [5.41, 5.74) is 7.48. The summed E-state index contributed by atoms with van der Waals surface area (Å²) in [5, 5.41) is 46.3. The Morgan fingerprint density at radius 1 is 1.53 bits per heavy atom. The zero-order valence-electron chi connectivity index (χ0n) is 9.81. The number of hydrogen-bond acceptors (Lipinski definition) is 6. The number of carboxylic acid groups (broad SMARTS) is 1. The molecule has 1 aliphatic heterocycles. The van der Waals surface area contributed by atoms with E-state index in [-0.39, 0.29) is 44.1 Å². The number of hydrogen-bond donors (Lipinski definition) is 5. The van der Waals surface area contributed by atoms with E-state index in [0.717, 1.165) is 0 Å². The van der Waals surface area contributed by atoms with Gasteiger partial charge in [0, 0.05) is 56.6 Å². The van der Waals surface area contributed by atoms with Crippen LogP contribution in [0.25, 0.3) is 5.73 Å². The summed E-state index contributed by atoms with van der Waals surface area (Å²) in [4.78, 5) is 10.8. The first kappa shape index (κ1) is 19.6. The van der Waals surface area contributed by atoms with Crippen LogP contribution in [0.4, 0.5) is 4.39 Å². The van der Waals surface area contributed by atoms with Crippen molar-refractivity contribution in [3.05, 3.63) is 5.73 Å². The molecule has 0 aliphatic carbocycles. The quantitative estimate of drug-likeness (QED) is 0.303. The maximum Gasteiger partial charge on any atom is 0.364 e. The predicted octanol–water partition coefficient (Wildman–Crippen LogP) is -1.98. The van der Waals surface area contributed by atoms with Crippen molar-refractivity contribution in [1.82, 2.24) is 0 Å². The monoisotopic (exact) mass is 495 g/mol. The molecule has 1 fully saturated rings. The Hall–Kier alpha value is 0.602. The van der Waals surface area contributed by atoms with E-state index in [1.54, 1.807) is 0 Å². The minimum Gasteiger partial charge on any atom is -0.670 e. The Morgan fingerprint density at radius 2 is 2.05 bits per heavy atom. The second-order valence-electron chi connectivity index (χ2n) is 4.18. The first-order valence-corrected chi connectivity index (χ1v) is 5.18. The van der Waals surface area contributed by atoms with Crippen molar-refractivity contribution in [2.45, 2.75) is 42.7 Å². The zero-order valence-corrected chi connectivity index (χ0v) is 14.6. The Morgan fingerprint density at radius 3 is 2.47 bits per heavy atom. The molecule has 1 heterocycles. The maximum atomic E-state index is 12.2. The summed E-state index contributed by atoms with van der Waals surface area (Å²) in [7, 11) is 0. The largest absolute Gasteiger partial charge is 0.670 e. The Balaban J connectivity index is 0.00000324. The van der Waals surface area contributed by atoms with Crippen molar-refractivity contribution in [3.63, 3.8) is 0 Å². The van der Waals surface area contributed by atoms with E-state index < -0.39 is 55.3 Å². The maximum absolute atomic E-state index is 12.2. The summed E-state index contributed by atoms with van der Waals surface area (Å²) in [6, 6.07) is -1.51. The van der Waals surface area contributed by atoms with Crippen LogP contribution in [0.2, 0.25) is 0 Å². The van der Waals surface area contributed by atoms with E-state index in [1.165, 1.54) is 0 Å². The van der Waals surface area contributed by atoms with Crippen LogP contribution in [0.3, 0.4) is 0 Å². The molecule has 1 rings (SSSR count). The third kappa shape index (κ3) is 4.28. The summed E-state index contributed by atoms with van der Waals surface area (Å²) in [5.74, 6) is -4.58. The Kier molecular flexibility index (Phi) is 7.80. The second kappa shape index (κ2) is 7.56. The molecule has 0 aromatic carbocycles. The van der Waals surface area contributed by atoms with Crippen molar-refractivity contribution >= 4 is 5.97 Å². The van der Waals surface area contributed by atoms with Crippen LogP contribution in [-0.4, -0.2) is 74.4 Å². The molecule has 1 saturated heterocycles. The molecule has 6 unspecified atom stereocenters. The topological polar surface area (TPSA) is 151 Å². The van der Waals surface area contributed by atoms with Gasteiger partial charge < -0.3 is 36.0 Å². The fraction of sp³-hybridized carbons (Fsp3) is 0.889. The molecule has 6 atom stereocenters. The Labute approximate surface area is 143 Å². The molecule has 0 spiro atoms. The standard InChI is InChI=1S/C9H15FNO7.Ac/c10-2-4(13)6(14)7-5(11)3(12)1-9(17,18-7)8(15)16;/h3-7,11-14,17H,1-2H2,(H,15,16);/q-1;. The van der Waals surface area contributed by atoms with Crippen LogP contribution < -0.4 is 0 Å². The third-order valence-electron chi connectivity index (χ3n) is 2.81. The summed E-state index contributed by atoms with van der Waals surface area (Å²) in [6.07, 6.45) is -7.90. The van der Waals surface area contributed by atoms with Crippen molar-refractivity contribution in [1.29, 1.82) is 0 Å². The minimum atomic E-state index is -2.78. The van der Waals surface area contributed by atoms with E-state index in [9.17, 15) is 24.5 Å². The van der Waals surface area contributed by atoms with Gasteiger partial charge in [0.2, 0.25) is 0 Å². The molecule has 0 aromatic heterocycles. The van der Waals surface area contributed by atoms with Crippen LogP contribution in [0.1, 0.15) is 6.42 Å². The van der Waals surface area contributed by atoms with Crippen LogP contribution in [0.15, 0.2) is 0 Å². The molecule has 0 aromatic rings. The van der Waals surface area contributed by atoms with E-state index in [4.69, 9.17) is 15.9 Å². The van der Waals surface area contributed by atoms with E-state index >= 15 is 0 Å². The molecular weight excluding hydrogens is 480 g/mol. The fourth-order valence-electron chi connectivity index (χ4n) is 1.71. The van der Waals surface area contributed by atoms with Gasteiger partial charge in [-0.25, -0.2) is 9.18 Å². The molecular formula is C9H15AcFNO7-. The number of carbonyl (C=O) groups is 1. The first-order valence-electron chi connectivity index (χ1n) is 5.18. The van der Waals surface area contributed by atoms with Crippen LogP contribution in [0.5, 0.6) is 0 Å². The van der Waals surface area contributed by atoms with Gasteiger partial charge in [-0.05, 0) is 0 Å². The molecule has 19 heavy (non-hydrogen) atoms. The number of ether oxygens (including phenoxy) is 1. The van der Waals surface area contributed by atoms with Gasteiger partial charge in [-0.15, -0.1) is 0 Å². The molecule has 6 N–H and O–H groups in total. The number of aliphatic carboxylic acids is 1. The number of aliphatic hydroxyl groups is 4. The number of rotatable bonds is 4. The smallest absolute Gasteiger partial charge is 0.364 e. The number of halogens is 1. The van der Waals surface area contributed by atoms with E-state index in [1.807, 2.05) is 0 Å². The van der Waals surface area contributed by atoms with Gasteiger partial charge in [-0.3, -0.25) is 0 Å². The average Bonchev–Trinajstić information content (AvgIpc) is 2.31. The molecule has 8 nitrogen and oxygen atoms in total. The molecule has 10 heteroatoms. The average molecular weight is 495 g/mol. The predicted molar refractivity (Wildman–Crippen MR) is 54.2 cm³/mol. The van der Waals surface area contributed by atoms with Crippen molar-refractivity contribution in [2.75, 3.05) is 6.67 Å². The van der Waals surface area contributed by atoms with Gasteiger partial charge in [0.05, 0.1) is 6.10 Å². The van der Waals surface area contributed by atoms with Crippen molar-refractivity contribution in [2.24, 2.45) is 0 Å². The van der Waals surface area contributed by atoms with Gasteiger partial charge in [-0.2, -0.15) is 0 Å². The van der Waals surface area contributed by atoms with Gasteiger partial charge in [-0.1, -0.05) is 6.04 Å². The van der Waals surface area contributed by atoms with Crippen molar-refractivity contribution in [3.8, 4) is 0 Å². The first-order chi connectivity index (χ1) is 8.23. The molecule has 1 aliphatic rings. The zero-order chi connectivity index (χ0) is 14.1. The van der Waals surface area contributed by atoms with Gasteiger partial charge in [0.25, 0.3) is 5.79 Å². The molecule has 0 bridgehead atoms. The molecule has 109 valence electrons. The van der Waals surface area contributed by atoms with Gasteiger partial charge >= 0.3 is 5.97 Å². The number of aliphatic hydroxyl groups excluding tert-OH is 3. The fourth-order valence-corrected chi connectivity index (χ4v) is 1.71. The minimum absolute atomic E-state index is 0. The van der Waals surface area contributed by atoms with E-state index in [2.05, 4.69) is 4.74 Å². The van der Waals surface area contributed by atoms with Gasteiger partial charge in [0.15, 0.2) is 0 Å². The molecule has 1 radical (unpaired) electrons. The number of alkyl halides is 1. The molecule has 0 amide bonds. The van der Waals surface area contributed by atoms with Gasteiger partial charge in [0.1, 0.15) is 18.9 Å². The van der Waals surface area contributed by atoms with Crippen LogP contribution in [0, 0.1) is 44.1 Å². The van der Waals surface area contributed by atoms with E-state index in [0.29, 0.717) is 0 Å². The number of carboxylic acids is 1. The third-order valence-corrected chi connectivity index (χ3v) is 2.81. The van der Waals surface area contributed by atoms with Crippen LogP contribution >= 0.6 is 0 Å². The van der Waals surface area contributed by atoms with Crippen LogP contribution in [-0.2, 0) is 9.53 Å². The summed E-state index contributed by atoms with van der Waals surface area (Å²) in [6.45, 7) is -1.34. The number of nitrogens with one attached hydrogen (secondary N) is 1. The SMILES string of the molecule is [Ac].[NH-]C1C(O)CC(O)(C(=O)O)OC1C(O)C(O)CF. The van der Waals surface area contributed by atoms with Crippen molar-refractivity contribution < 1.29 is 83.5 Å². The summed E-state index contributed by atoms with van der Waals surface area (Å²) >= 11 is 0.